The van der Waals surface area contributed by atoms with Gasteiger partial charge >= 0.3 is 0 Å². The zero-order valence-electron chi connectivity index (χ0n) is 14.6. The molecule has 0 N–H and O–H groups in total. The topological polar surface area (TPSA) is 63.9 Å². The zero-order valence-corrected chi connectivity index (χ0v) is 14.6. The first-order valence-corrected chi connectivity index (χ1v) is 8.68. The van der Waals surface area contributed by atoms with E-state index in [1.807, 2.05) is 38.1 Å². The van der Waals surface area contributed by atoms with E-state index in [4.69, 9.17) is 4.98 Å². The Bertz CT molecular complexity index is 995. The summed E-state index contributed by atoms with van der Waals surface area (Å²) in [5.74, 6) is 0. The quantitative estimate of drug-likeness (QED) is 0.733. The molecule has 0 atom stereocenters. The Balaban J connectivity index is 1.59. The number of rotatable bonds is 3. The van der Waals surface area contributed by atoms with Gasteiger partial charge in [-0.1, -0.05) is 12.1 Å². The molecule has 0 amide bonds. The van der Waals surface area contributed by atoms with Gasteiger partial charge in [0.1, 0.15) is 0 Å². The summed E-state index contributed by atoms with van der Waals surface area (Å²) in [4.78, 5) is 23.8. The molecule has 3 aromatic rings. The fourth-order valence-electron chi connectivity index (χ4n) is 3.35. The average Bonchev–Trinajstić information content (AvgIpc) is 2.61. The van der Waals surface area contributed by atoms with Crippen molar-refractivity contribution in [2.75, 3.05) is 6.54 Å². The second-order valence-electron chi connectivity index (χ2n) is 6.48. The Kier molecular flexibility index (Phi) is 4.05. The van der Waals surface area contributed by atoms with Gasteiger partial charge in [-0.3, -0.25) is 9.69 Å². The molecular weight excluding hydrogens is 314 g/mol. The highest BCUT2D eigenvalue weighted by Crippen LogP contribution is 2.19. The van der Waals surface area contributed by atoms with E-state index >= 15 is 0 Å². The summed E-state index contributed by atoms with van der Waals surface area (Å²) >= 11 is 0. The van der Waals surface area contributed by atoms with Crippen LogP contribution in [0.15, 0.2) is 35.1 Å². The van der Waals surface area contributed by atoms with Crippen molar-refractivity contribution in [3.05, 3.63) is 63.3 Å². The maximum absolute atomic E-state index is 12.0. The Labute approximate surface area is 146 Å². The minimum Gasteiger partial charge on any atom is -0.293 e. The van der Waals surface area contributed by atoms with Gasteiger partial charge in [-0.05, 0) is 31.5 Å². The summed E-state index contributed by atoms with van der Waals surface area (Å²) in [7, 11) is 0. The van der Waals surface area contributed by atoms with E-state index in [0.29, 0.717) is 6.54 Å². The zero-order chi connectivity index (χ0) is 17.4. The number of nitrogens with zero attached hydrogens (tertiary/aromatic N) is 5. The molecule has 0 aliphatic carbocycles. The highest BCUT2D eigenvalue weighted by Gasteiger charge is 2.20. The van der Waals surface area contributed by atoms with Gasteiger partial charge in [-0.15, -0.1) is 0 Å². The molecule has 2 aromatic heterocycles. The minimum absolute atomic E-state index is 0.0234. The molecule has 0 saturated heterocycles. The van der Waals surface area contributed by atoms with Gasteiger partial charge in [0.2, 0.25) is 0 Å². The largest absolute Gasteiger partial charge is 0.293 e. The van der Waals surface area contributed by atoms with Crippen LogP contribution in [0.5, 0.6) is 0 Å². The van der Waals surface area contributed by atoms with E-state index in [-0.39, 0.29) is 5.56 Å². The summed E-state index contributed by atoms with van der Waals surface area (Å²) in [6.07, 6.45) is 0.857. The number of fused-ring (bicyclic) bond motifs is 2. The van der Waals surface area contributed by atoms with Crippen LogP contribution in [0.4, 0.5) is 0 Å². The lowest BCUT2D eigenvalue weighted by Crippen LogP contribution is -2.34. The van der Waals surface area contributed by atoms with Crippen LogP contribution in [0, 0.1) is 6.92 Å². The lowest BCUT2D eigenvalue weighted by molar-refractivity contribution is 0.237. The first kappa shape index (κ1) is 15.9. The molecule has 25 heavy (non-hydrogen) atoms. The van der Waals surface area contributed by atoms with Crippen LogP contribution in [0.2, 0.25) is 0 Å². The summed E-state index contributed by atoms with van der Waals surface area (Å²) in [6.45, 7) is 6.94. The van der Waals surface area contributed by atoms with Crippen molar-refractivity contribution < 1.29 is 0 Å². The number of benzene rings is 1. The second-order valence-corrected chi connectivity index (χ2v) is 6.48. The average molecular weight is 335 g/mol. The number of aromatic nitrogens is 4. The van der Waals surface area contributed by atoms with Crippen LogP contribution in [0.3, 0.4) is 0 Å². The molecule has 0 saturated carbocycles. The van der Waals surface area contributed by atoms with Gasteiger partial charge in [0, 0.05) is 38.7 Å². The van der Waals surface area contributed by atoms with E-state index < -0.39 is 0 Å². The third-order valence-corrected chi connectivity index (χ3v) is 4.74. The molecule has 3 heterocycles. The number of hydrogen-bond acceptors (Lipinski definition) is 5. The Morgan fingerprint density at radius 2 is 1.92 bits per heavy atom. The van der Waals surface area contributed by atoms with Crippen molar-refractivity contribution in [2.45, 2.75) is 39.9 Å². The molecule has 6 heteroatoms. The monoisotopic (exact) mass is 335 g/mol. The molecule has 0 spiro atoms. The molecule has 1 aromatic carbocycles. The third kappa shape index (κ3) is 3.05. The van der Waals surface area contributed by atoms with Crippen LogP contribution in [0.1, 0.15) is 29.6 Å². The number of para-hydroxylation sites is 2. The fraction of sp³-hybridized carbons (Fsp3) is 0.368. The smallest absolute Gasteiger partial charge is 0.267 e. The number of aryl methyl sites for hydroxylation is 2. The standard InChI is InChI=1S/C19H21N5O/c1-3-24-19(25)10-14-11-23(9-8-15(14)22-24)12-18-13(2)20-16-6-4-5-7-17(16)21-18/h4-7,10H,3,8-9,11-12H2,1-2H3. The lowest BCUT2D eigenvalue weighted by atomic mass is 10.1. The summed E-state index contributed by atoms with van der Waals surface area (Å²) in [5.41, 5.74) is 5.86. The molecule has 0 fully saturated rings. The van der Waals surface area contributed by atoms with Crippen molar-refractivity contribution in [1.82, 2.24) is 24.6 Å². The maximum atomic E-state index is 12.0. The molecule has 1 aliphatic rings. The third-order valence-electron chi connectivity index (χ3n) is 4.74. The van der Waals surface area contributed by atoms with Gasteiger partial charge in [-0.2, -0.15) is 5.10 Å². The van der Waals surface area contributed by atoms with E-state index in [9.17, 15) is 4.79 Å². The van der Waals surface area contributed by atoms with Crippen LogP contribution in [-0.2, 0) is 26.1 Å². The minimum atomic E-state index is -0.0234. The summed E-state index contributed by atoms with van der Waals surface area (Å²) in [6, 6.07) is 9.68. The fourth-order valence-corrected chi connectivity index (χ4v) is 3.35. The van der Waals surface area contributed by atoms with E-state index in [1.165, 1.54) is 4.68 Å². The summed E-state index contributed by atoms with van der Waals surface area (Å²) in [5, 5.41) is 4.48. The van der Waals surface area contributed by atoms with Crippen LogP contribution < -0.4 is 5.56 Å². The van der Waals surface area contributed by atoms with Gasteiger partial charge in [0.05, 0.1) is 28.1 Å². The van der Waals surface area contributed by atoms with Gasteiger partial charge in [0.25, 0.3) is 5.56 Å². The molecule has 1 aliphatic heterocycles. The van der Waals surface area contributed by atoms with E-state index in [0.717, 1.165) is 59.7 Å². The molecule has 0 unspecified atom stereocenters. The Morgan fingerprint density at radius 1 is 1.16 bits per heavy atom. The number of hydrogen-bond donors (Lipinski definition) is 0. The molecule has 0 radical (unpaired) electrons. The molecule has 4 rings (SSSR count). The van der Waals surface area contributed by atoms with Crippen LogP contribution in [-0.4, -0.2) is 31.2 Å². The Morgan fingerprint density at radius 3 is 2.68 bits per heavy atom. The summed E-state index contributed by atoms with van der Waals surface area (Å²) < 4.78 is 1.54. The molecule has 6 nitrogen and oxygen atoms in total. The first-order valence-electron chi connectivity index (χ1n) is 8.68. The molecule has 0 bridgehead atoms. The predicted molar refractivity (Wildman–Crippen MR) is 96.3 cm³/mol. The molecule has 128 valence electrons. The van der Waals surface area contributed by atoms with Gasteiger partial charge < -0.3 is 0 Å². The molecular formula is C19H21N5O. The van der Waals surface area contributed by atoms with E-state index in [2.05, 4.69) is 15.0 Å². The normalized spacial score (nSPS) is 14.6. The van der Waals surface area contributed by atoms with Gasteiger partial charge in [-0.25, -0.2) is 14.6 Å². The van der Waals surface area contributed by atoms with Crippen molar-refractivity contribution in [3.63, 3.8) is 0 Å². The first-order chi connectivity index (χ1) is 12.1. The highest BCUT2D eigenvalue weighted by molar-refractivity contribution is 5.74. The van der Waals surface area contributed by atoms with Crippen LogP contribution >= 0.6 is 0 Å². The van der Waals surface area contributed by atoms with Gasteiger partial charge in [0.15, 0.2) is 0 Å². The van der Waals surface area contributed by atoms with Crippen LogP contribution in [0.25, 0.3) is 11.0 Å². The highest BCUT2D eigenvalue weighted by atomic mass is 16.1. The van der Waals surface area contributed by atoms with Crippen molar-refractivity contribution >= 4 is 11.0 Å². The van der Waals surface area contributed by atoms with Crippen molar-refractivity contribution in [1.29, 1.82) is 0 Å². The van der Waals surface area contributed by atoms with E-state index in [1.54, 1.807) is 6.07 Å². The lowest BCUT2D eigenvalue weighted by Gasteiger charge is -2.28. The SMILES string of the molecule is CCn1nc2c(cc1=O)CN(Cc1nc3ccccc3nc1C)CC2. The predicted octanol–water partition coefficient (Wildman–Crippen LogP) is 2.07. The van der Waals surface area contributed by atoms with Crippen molar-refractivity contribution in [2.24, 2.45) is 0 Å². The van der Waals surface area contributed by atoms with Crippen molar-refractivity contribution in [3.8, 4) is 0 Å². The Hall–Kier alpha value is -2.60. The maximum Gasteiger partial charge on any atom is 0.267 e. The second kappa shape index (κ2) is 6.37.